The zero-order valence-electron chi connectivity index (χ0n) is 6.70. The van der Waals surface area contributed by atoms with Crippen molar-refractivity contribution >= 4 is 17.8 Å². The molecule has 5 heteroatoms. The first kappa shape index (κ1) is 6.33. The van der Waals surface area contributed by atoms with Gasteiger partial charge in [0, 0.05) is 21.1 Å². The number of nitrogens with zero attached hydrogens (tertiary/aromatic N) is 1. The topological polar surface area (TPSA) is 63.7 Å². The molecule has 11 heavy (non-hydrogen) atoms. The summed E-state index contributed by atoms with van der Waals surface area (Å²) in [7, 11) is 0. The number of hydrogen-bond donors (Lipinski definition) is 0. The van der Waals surface area contributed by atoms with Crippen LogP contribution in [0.15, 0.2) is 0 Å². The maximum absolute atomic E-state index is 10.8. The molecule has 1 saturated heterocycles. The Morgan fingerprint density at radius 2 is 2.09 bits per heavy atom. The van der Waals surface area contributed by atoms with Gasteiger partial charge in [-0.3, -0.25) is 9.59 Å². The zero-order chi connectivity index (χ0) is 9.14. The second-order valence-corrected chi connectivity index (χ2v) is 2.05. The van der Waals surface area contributed by atoms with Crippen LogP contribution >= 0.6 is 0 Å². The summed E-state index contributed by atoms with van der Waals surface area (Å²) in [4.78, 5) is 36.4. The summed E-state index contributed by atoms with van der Waals surface area (Å²) >= 11 is 0. The third-order valence-electron chi connectivity index (χ3n) is 1.20. The Morgan fingerprint density at radius 1 is 1.55 bits per heavy atom. The van der Waals surface area contributed by atoms with E-state index in [9.17, 15) is 14.4 Å². The molecular formula is C6H7NO4. The molecule has 1 fully saturated rings. The molecule has 0 radical (unpaired) electrons. The van der Waals surface area contributed by atoms with Gasteiger partial charge in [-0.15, -0.1) is 5.06 Å². The van der Waals surface area contributed by atoms with Crippen molar-refractivity contribution in [3.05, 3.63) is 0 Å². The Morgan fingerprint density at radius 3 is 2.55 bits per heavy atom. The van der Waals surface area contributed by atoms with Crippen LogP contribution in [0.5, 0.6) is 0 Å². The van der Waals surface area contributed by atoms with E-state index in [2.05, 4.69) is 4.84 Å². The molecule has 0 aromatic carbocycles. The number of imide groups is 1. The smallest absolute Gasteiger partial charge is 0.330 e. The van der Waals surface area contributed by atoms with Crippen LogP contribution < -0.4 is 0 Å². The second-order valence-electron chi connectivity index (χ2n) is 2.05. The van der Waals surface area contributed by atoms with E-state index in [0.29, 0.717) is 5.06 Å². The van der Waals surface area contributed by atoms with E-state index < -0.39 is 24.7 Å². The maximum atomic E-state index is 10.8. The minimum absolute atomic E-state index is 0.0735. The molecule has 0 saturated carbocycles. The Balaban J connectivity index is 2.56. The van der Waals surface area contributed by atoms with Gasteiger partial charge < -0.3 is 4.84 Å². The van der Waals surface area contributed by atoms with Crippen molar-refractivity contribution in [2.24, 2.45) is 0 Å². The molecule has 0 aromatic rings. The summed E-state index contributed by atoms with van der Waals surface area (Å²) in [5.74, 6) is -1.96. The number of hydroxylamine groups is 2. The Kier molecular flexibility index (Phi) is 1.55. The van der Waals surface area contributed by atoms with Crippen LogP contribution in [0.3, 0.4) is 0 Å². The fourth-order valence-electron chi connectivity index (χ4n) is 0.760. The van der Waals surface area contributed by atoms with Gasteiger partial charge >= 0.3 is 5.97 Å². The van der Waals surface area contributed by atoms with E-state index in [1.807, 2.05) is 0 Å². The molecule has 0 bridgehead atoms. The summed E-state index contributed by atoms with van der Waals surface area (Å²) in [6, 6.07) is 0. The highest BCUT2D eigenvalue weighted by Gasteiger charge is 2.31. The lowest BCUT2D eigenvalue weighted by Gasteiger charge is -2.09. The molecule has 0 spiro atoms. The van der Waals surface area contributed by atoms with Gasteiger partial charge in [0.05, 0.1) is 0 Å². The van der Waals surface area contributed by atoms with Crippen LogP contribution in [0.2, 0.25) is 0 Å². The highest BCUT2D eigenvalue weighted by molar-refractivity contribution is 6.01. The van der Waals surface area contributed by atoms with Crippen LogP contribution in [0.4, 0.5) is 0 Å². The lowest BCUT2D eigenvalue weighted by molar-refractivity contribution is -0.195. The SMILES string of the molecule is [2H]CC(=O)ON1C(=O)CCC1=O. The minimum atomic E-state index is -0.904. The Hall–Kier alpha value is -1.39. The first-order valence-electron chi connectivity index (χ1n) is 3.71. The molecule has 5 nitrogen and oxygen atoms in total. The van der Waals surface area contributed by atoms with Crippen LogP contribution in [-0.2, 0) is 19.2 Å². The van der Waals surface area contributed by atoms with E-state index in [0.717, 1.165) is 0 Å². The number of amides is 2. The molecule has 0 atom stereocenters. The van der Waals surface area contributed by atoms with Crippen molar-refractivity contribution in [2.45, 2.75) is 19.7 Å². The van der Waals surface area contributed by atoms with Crippen LogP contribution in [0, 0.1) is 0 Å². The van der Waals surface area contributed by atoms with Crippen molar-refractivity contribution in [2.75, 3.05) is 0 Å². The third kappa shape index (κ3) is 1.54. The molecule has 1 heterocycles. The van der Waals surface area contributed by atoms with Gasteiger partial charge in [0.2, 0.25) is 0 Å². The predicted octanol–water partition coefficient (Wildman–Crippen LogP) is -0.387. The number of carbonyl (C=O) groups is 3. The number of rotatable bonds is 1. The van der Waals surface area contributed by atoms with Crippen molar-refractivity contribution < 1.29 is 20.6 Å². The highest BCUT2D eigenvalue weighted by atomic mass is 16.7. The van der Waals surface area contributed by atoms with E-state index >= 15 is 0 Å². The van der Waals surface area contributed by atoms with E-state index in [1.54, 1.807) is 0 Å². The van der Waals surface area contributed by atoms with Gasteiger partial charge in [-0.25, -0.2) is 4.79 Å². The van der Waals surface area contributed by atoms with E-state index in [1.165, 1.54) is 0 Å². The zero-order valence-corrected chi connectivity index (χ0v) is 5.70. The lowest BCUT2D eigenvalue weighted by Crippen LogP contribution is -2.30. The number of carbonyl (C=O) groups excluding carboxylic acids is 3. The van der Waals surface area contributed by atoms with Gasteiger partial charge in [-0.2, -0.15) is 0 Å². The standard InChI is InChI=1S/C6H7NO4/c1-4(8)11-7-5(9)2-3-6(7)10/h2-3H2,1H3/i1D. The van der Waals surface area contributed by atoms with Crippen LogP contribution in [0.25, 0.3) is 0 Å². The van der Waals surface area contributed by atoms with E-state index in [4.69, 9.17) is 1.37 Å². The summed E-state index contributed by atoms with van der Waals surface area (Å²) in [5.41, 5.74) is 0. The third-order valence-corrected chi connectivity index (χ3v) is 1.20. The first-order valence-corrected chi connectivity index (χ1v) is 3.01. The van der Waals surface area contributed by atoms with Gasteiger partial charge in [0.15, 0.2) is 0 Å². The molecule has 1 aliphatic heterocycles. The normalized spacial score (nSPS) is 18.5. The molecule has 0 aliphatic carbocycles. The molecule has 0 unspecified atom stereocenters. The van der Waals surface area contributed by atoms with Crippen molar-refractivity contribution in [1.29, 1.82) is 0 Å². The molecule has 2 amide bonds. The van der Waals surface area contributed by atoms with Crippen molar-refractivity contribution in [3.8, 4) is 0 Å². The highest BCUT2D eigenvalue weighted by Crippen LogP contribution is 2.11. The Bertz CT molecular complexity index is 224. The van der Waals surface area contributed by atoms with Gasteiger partial charge in [0.25, 0.3) is 11.8 Å². The quantitative estimate of drug-likeness (QED) is 0.487. The summed E-state index contributed by atoms with van der Waals surface area (Å²) in [5, 5.41) is 0.427. The van der Waals surface area contributed by atoms with Crippen LogP contribution in [-0.4, -0.2) is 22.8 Å². The fraction of sp³-hybridized carbons (Fsp3) is 0.500. The predicted molar refractivity (Wildman–Crippen MR) is 32.9 cm³/mol. The average Bonchev–Trinajstić information content (AvgIpc) is 2.35. The summed E-state index contributed by atoms with van der Waals surface area (Å²) in [6.07, 6.45) is 0.147. The molecule has 0 N–H and O–H groups in total. The monoisotopic (exact) mass is 158 g/mol. The van der Waals surface area contributed by atoms with Crippen molar-refractivity contribution in [1.82, 2.24) is 5.06 Å². The molecule has 0 aromatic heterocycles. The lowest BCUT2D eigenvalue weighted by atomic mass is 10.4. The second kappa shape index (κ2) is 2.69. The Labute approximate surface area is 64.3 Å². The molecular weight excluding hydrogens is 150 g/mol. The fourth-order valence-corrected chi connectivity index (χ4v) is 0.760. The van der Waals surface area contributed by atoms with Gasteiger partial charge in [-0.05, 0) is 0 Å². The van der Waals surface area contributed by atoms with Crippen molar-refractivity contribution in [3.63, 3.8) is 0 Å². The molecule has 1 rings (SSSR count). The average molecular weight is 158 g/mol. The van der Waals surface area contributed by atoms with E-state index in [-0.39, 0.29) is 12.8 Å². The number of hydrogen-bond acceptors (Lipinski definition) is 4. The summed E-state index contributed by atoms with van der Waals surface area (Å²) < 4.78 is 6.58. The molecule has 60 valence electrons. The maximum Gasteiger partial charge on any atom is 0.330 e. The molecule has 1 aliphatic rings. The van der Waals surface area contributed by atoms with Crippen LogP contribution in [0.1, 0.15) is 21.1 Å². The van der Waals surface area contributed by atoms with Gasteiger partial charge in [0.1, 0.15) is 0 Å². The first-order chi connectivity index (χ1) is 5.65. The largest absolute Gasteiger partial charge is 0.331 e. The minimum Gasteiger partial charge on any atom is -0.331 e. The van der Waals surface area contributed by atoms with Gasteiger partial charge in [-0.1, -0.05) is 0 Å². The summed E-state index contributed by atoms with van der Waals surface area (Å²) in [6.45, 7) is -0.600.